The number of benzene rings is 3. The average Bonchev–Trinajstić information content (AvgIpc) is 3.63. The van der Waals surface area contributed by atoms with E-state index in [9.17, 15) is 19.1 Å². The molecule has 0 unspecified atom stereocenters. The molecule has 0 saturated heterocycles. The Bertz CT molecular complexity index is 1410. The number of aliphatic carboxylic acids is 1. The number of rotatable bonds is 7. The molecule has 4 aromatic rings. The van der Waals surface area contributed by atoms with Gasteiger partial charge in [-0.25, -0.2) is 9.18 Å². The minimum Gasteiger partial charge on any atom is -0.481 e. The molecule has 1 aliphatic carbocycles. The van der Waals surface area contributed by atoms with Crippen molar-refractivity contribution in [1.29, 1.82) is 0 Å². The van der Waals surface area contributed by atoms with Crippen molar-refractivity contribution in [3.63, 3.8) is 0 Å². The molecule has 3 aromatic carbocycles. The monoisotopic (exact) mass is 486 g/mol. The fourth-order valence-corrected chi connectivity index (χ4v) is 4.07. The highest BCUT2D eigenvalue weighted by molar-refractivity contribution is 5.85. The molecule has 5 rings (SSSR count). The van der Waals surface area contributed by atoms with Gasteiger partial charge in [0.2, 0.25) is 0 Å². The molecule has 0 spiro atoms. The molecule has 1 heterocycles. The van der Waals surface area contributed by atoms with Gasteiger partial charge >= 0.3 is 12.1 Å². The van der Waals surface area contributed by atoms with E-state index < -0.39 is 17.5 Å². The molecule has 1 fully saturated rings. The quantitative estimate of drug-likeness (QED) is 0.370. The maximum Gasteiger partial charge on any atom is 0.413 e. The number of nitrogens with one attached hydrogen (secondary N) is 1. The van der Waals surface area contributed by atoms with Gasteiger partial charge in [0.1, 0.15) is 18.1 Å². The van der Waals surface area contributed by atoms with Crippen LogP contribution < -0.4 is 5.32 Å². The Balaban J connectivity index is 1.28. The lowest BCUT2D eigenvalue weighted by Crippen LogP contribution is -2.19. The van der Waals surface area contributed by atoms with Gasteiger partial charge in [0.15, 0.2) is 5.82 Å². The van der Waals surface area contributed by atoms with Crippen molar-refractivity contribution in [2.45, 2.75) is 31.8 Å². The second-order valence-electron chi connectivity index (χ2n) is 8.77. The molecule has 0 radical (unpaired) electrons. The molecule has 182 valence electrons. The van der Waals surface area contributed by atoms with Gasteiger partial charge in [-0.05, 0) is 66.3 Å². The number of aryl methyl sites for hydroxylation is 1. The Morgan fingerprint density at radius 1 is 1.00 bits per heavy atom. The van der Waals surface area contributed by atoms with Crippen LogP contribution >= 0.6 is 0 Å². The van der Waals surface area contributed by atoms with Crippen LogP contribution in [0.15, 0.2) is 72.8 Å². The highest BCUT2D eigenvalue weighted by Gasteiger charge is 2.51. The number of aromatic nitrogens is 3. The van der Waals surface area contributed by atoms with Gasteiger partial charge in [0.25, 0.3) is 0 Å². The summed E-state index contributed by atoms with van der Waals surface area (Å²) in [4.78, 5) is 23.9. The third-order valence-corrected chi connectivity index (χ3v) is 6.38. The molecule has 8 nitrogen and oxygen atoms in total. The number of ether oxygens (including phenoxy) is 1. The highest BCUT2D eigenvalue weighted by Crippen LogP contribution is 2.48. The van der Waals surface area contributed by atoms with Crippen molar-refractivity contribution in [1.82, 2.24) is 15.0 Å². The topological polar surface area (TPSA) is 106 Å². The van der Waals surface area contributed by atoms with E-state index in [4.69, 9.17) is 4.74 Å². The number of carboxylic acid groups (broad SMARTS) is 1. The Morgan fingerprint density at radius 2 is 1.61 bits per heavy atom. The predicted molar refractivity (Wildman–Crippen MR) is 130 cm³/mol. The number of halogens is 1. The summed E-state index contributed by atoms with van der Waals surface area (Å²) in [7, 11) is 0. The number of carbonyl (C=O) groups is 2. The standard InChI is InChI=1S/C27H23FN4O4/c1-17-24(29-26(35)36-16-18-2-10-22(28)11-3-18)32(31-30-17)23-12-6-20(7-13-23)19-4-8-21(9-5-19)27(14-15-27)25(33)34/h2-13H,14-16H2,1H3,(H,29,35)(H,33,34). The Morgan fingerprint density at radius 3 is 2.19 bits per heavy atom. The van der Waals surface area contributed by atoms with Gasteiger partial charge in [-0.3, -0.25) is 10.1 Å². The molecular weight excluding hydrogens is 463 g/mol. The van der Waals surface area contributed by atoms with E-state index in [1.807, 2.05) is 48.5 Å². The minimum atomic E-state index is -0.772. The lowest BCUT2D eigenvalue weighted by molar-refractivity contribution is -0.140. The number of carboxylic acids is 1. The van der Waals surface area contributed by atoms with E-state index in [1.54, 1.807) is 19.1 Å². The van der Waals surface area contributed by atoms with Crippen LogP contribution in [0, 0.1) is 12.7 Å². The number of amides is 1. The molecular formula is C27H23FN4O4. The molecule has 1 amide bonds. The predicted octanol–water partition coefficient (Wildman–Crippen LogP) is 5.25. The molecule has 1 aromatic heterocycles. The van der Waals surface area contributed by atoms with E-state index in [1.165, 1.54) is 16.8 Å². The van der Waals surface area contributed by atoms with E-state index in [-0.39, 0.29) is 12.4 Å². The summed E-state index contributed by atoms with van der Waals surface area (Å²) >= 11 is 0. The largest absolute Gasteiger partial charge is 0.481 e. The summed E-state index contributed by atoms with van der Waals surface area (Å²) in [5, 5.41) is 20.4. The summed E-state index contributed by atoms with van der Waals surface area (Å²) in [6.07, 6.45) is 0.658. The number of anilines is 1. The zero-order chi connectivity index (χ0) is 25.3. The Hall–Kier alpha value is -4.53. The van der Waals surface area contributed by atoms with Crippen LogP contribution in [0.2, 0.25) is 0 Å². The average molecular weight is 487 g/mol. The zero-order valence-electron chi connectivity index (χ0n) is 19.4. The number of nitrogens with zero attached hydrogens (tertiary/aromatic N) is 3. The molecule has 1 aliphatic rings. The molecule has 0 bridgehead atoms. The molecule has 36 heavy (non-hydrogen) atoms. The van der Waals surface area contributed by atoms with E-state index in [0.717, 1.165) is 16.7 Å². The lowest BCUT2D eigenvalue weighted by Gasteiger charge is -2.12. The van der Waals surface area contributed by atoms with Gasteiger partial charge in [0, 0.05) is 0 Å². The summed E-state index contributed by atoms with van der Waals surface area (Å²) in [6.45, 7) is 1.71. The summed E-state index contributed by atoms with van der Waals surface area (Å²) in [5.41, 5.74) is 3.88. The van der Waals surface area contributed by atoms with Crippen molar-refractivity contribution in [3.8, 4) is 16.8 Å². The van der Waals surface area contributed by atoms with Gasteiger partial charge in [-0.2, -0.15) is 4.68 Å². The van der Waals surface area contributed by atoms with Crippen LogP contribution in [0.4, 0.5) is 15.0 Å². The second kappa shape index (κ2) is 9.26. The van der Waals surface area contributed by atoms with Crippen molar-refractivity contribution >= 4 is 17.9 Å². The lowest BCUT2D eigenvalue weighted by atomic mass is 9.94. The molecule has 0 atom stereocenters. The highest BCUT2D eigenvalue weighted by atomic mass is 19.1. The van der Waals surface area contributed by atoms with E-state index in [2.05, 4.69) is 15.6 Å². The third-order valence-electron chi connectivity index (χ3n) is 6.38. The van der Waals surface area contributed by atoms with Crippen molar-refractivity contribution in [3.05, 3.63) is 95.4 Å². The van der Waals surface area contributed by atoms with Crippen LogP contribution in [0.3, 0.4) is 0 Å². The Labute approximate surface area is 206 Å². The smallest absolute Gasteiger partial charge is 0.413 e. The minimum absolute atomic E-state index is 0.00615. The van der Waals surface area contributed by atoms with Crippen molar-refractivity contribution < 1.29 is 23.8 Å². The molecule has 2 N–H and O–H groups in total. The van der Waals surface area contributed by atoms with E-state index >= 15 is 0 Å². The molecule has 9 heteroatoms. The SMILES string of the molecule is Cc1nnn(-c2ccc(-c3ccc(C4(C(=O)O)CC4)cc3)cc2)c1NC(=O)OCc1ccc(F)cc1. The normalized spacial score (nSPS) is 13.7. The van der Waals surface area contributed by atoms with Gasteiger partial charge in [-0.15, -0.1) is 5.10 Å². The van der Waals surface area contributed by atoms with Crippen molar-refractivity contribution in [2.75, 3.05) is 5.32 Å². The van der Waals surface area contributed by atoms with Crippen LogP contribution in [-0.4, -0.2) is 32.2 Å². The van der Waals surface area contributed by atoms with Gasteiger partial charge < -0.3 is 9.84 Å². The number of hydrogen-bond acceptors (Lipinski definition) is 5. The number of carbonyl (C=O) groups excluding carboxylic acids is 1. The van der Waals surface area contributed by atoms with E-state index in [0.29, 0.717) is 35.6 Å². The summed E-state index contributed by atoms with van der Waals surface area (Å²) in [5.74, 6) is -0.757. The van der Waals surface area contributed by atoms with Crippen LogP contribution in [0.25, 0.3) is 16.8 Å². The summed E-state index contributed by atoms with van der Waals surface area (Å²) < 4.78 is 19.8. The first-order valence-electron chi connectivity index (χ1n) is 11.4. The molecule has 1 saturated carbocycles. The first kappa shape index (κ1) is 23.2. The fraction of sp³-hybridized carbons (Fsp3) is 0.185. The first-order valence-corrected chi connectivity index (χ1v) is 11.4. The van der Waals surface area contributed by atoms with Crippen LogP contribution in [0.1, 0.15) is 29.7 Å². The zero-order valence-corrected chi connectivity index (χ0v) is 19.4. The first-order chi connectivity index (χ1) is 17.4. The van der Waals surface area contributed by atoms with Crippen molar-refractivity contribution in [2.24, 2.45) is 0 Å². The number of hydrogen-bond donors (Lipinski definition) is 2. The maximum atomic E-state index is 13.0. The van der Waals surface area contributed by atoms with Gasteiger partial charge in [0.05, 0.1) is 11.1 Å². The fourth-order valence-electron chi connectivity index (χ4n) is 4.07. The Kier molecular flexibility index (Phi) is 5.97. The third kappa shape index (κ3) is 4.55. The van der Waals surface area contributed by atoms with Crippen LogP contribution in [0.5, 0.6) is 0 Å². The second-order valence-corrected chi connectivity index (χ2v) is 8.77. The molecule has 0 aliphatic heterocycles. The maximum absolute atomic E-state index is 13.0. The summed E-state index contributed by atoms with van der Waals surface area (Å²) in [6, 6.07) is 20.9. The van der Waals surface area contributed by atoms with Gasteiger partial charge in [-0.1, -0.05) is 53.7 Å². The van der Waals surface area contributed by atoms with Crippen LogP contribution in [-0.2, 0) is 21.6 Å².